The number of hydrogen-bond donors (Lipinski definition) is 2. The number of carbonyl (C=O) groups is 1. The van der Waals surface area contributed by atoms with Crippen LogP contribution in [0.3, 0.4) is 0 Å². The monoisotopic (exact) mass is 556 g/mol. The van der Waals surface area contributed by atoms with Crippen molar-refractivity contribution in [3.63, 3.8) is 0 Å². The van der Waals surface area contributed by atoms with Crippen LogP contribution in [0.4, 0.5) is 5.69 Å². The number of methoxy groups -OCH3 is 1. The molecule has 0 spiro atoms. The van der Waals surface area contributed by atoms with E-state index in [1.54, 1.807) is 54.5 Å². The van der Waals surface area contributed by atoms with Gasteiger partial charge in [0.05, 0.1) is 37.1 Å². The number of amides is 1. The Morgan fingerprint density at radius 2 is 2.05 bits per heavy atom. The van der Waals surface area contributed by atoms with Crippen molar-refractivity contribution < 1.29 is 14.3 Å². The Labute approximate surface area is 234 Å². The van der Waals surface area contributed by atoms with Gasteiger partial charge in [0.25, 0.3) is 5.91 Å². The highest BCUT2D eigenvalue weighted by atomic mass is 35.5. The van der Waals surface area contributed by atoms with Gasteiger partial charge in [-0.2, -0.15) is 5.10 Å². The quantitative estimate of drug-likeness (QED) is 0.182. The summed E-state index contributed by atoms with van der Waals surface area (Å²) >= 11 is 6.08. The molecule has 3 aromatic heterocycles. The van der Waals surface area contributed by atoms with Gasteiger partial charge in [0.1, 0.15) is 12.3 Å². The fraction of sp³-hybridized carbons (Fsp3) is 0.143. The van der Waals surface area contributed by atoms with E-state index in [0.29, 0.717) is 40.9 Å². The number of nitrogens with one attached hydrogen (secondary N) is 2. The van der Waals surface area contributed by atoms with E-state index in [2.05, 4.69) is 36.1 Å². The summed E-state index contributed by atoms with van der Waals surface area (Å²) in [7, 11) is 1.55. The van der Waals surface area contributed by atoms with Gasteiger partial charge in [0, 0.05) is 41.2 Å². The number of fused-ring (bicyclic) bond motifs is 1. The summed E-state index contributed by atoms with van der Waals surface area (Å²) in [5.41, 5.74) is 6.10. The molecule has 0 fully saturated rings. The van der Waals surface area contributed by atoms with E-state index in [0.717, 1.165) is 22.2 Å². The number of ether oxygens (including phenoxy) is 2. The Hall–Kier alpha value is -5.03. The summed E-state index contributed by atoms with van der Waals surface area (Å²) < 4.78 is 13.1. The van der Waals surface area contributed by atoms with E-state index in [4.69, 9.17) is 21.1 Å². The molecule has 5 rings (SSSR count). The van der Waals surface area contributed by atoms with Crippen LogP contribution in [0.5, 0.6) is 11.5 Å². The number of benzene rings is 2. The molecule has 3 heterocycles. The zero-order valence-electron chi connectivity index (χ0n) is 21.5. The molecule has 0 saturated carbocycles. The second kappa shape index (κ2) is 12.7. The molecule has 12 heteroatoms. The van der Waals surface area contributed by atoms with Gasteiger partial charge >= 0.3 is 0 Å². The molecular formula is C28H25ClN8O3. The van der Waals surface area contributed by atoms with Crippen molar-refractivity contribution in [3.05, 3.63) is 101 Å². The number of halogens is 1. The molecule has 0 aliphatic carbocycles. The molecule has 0 aliphatic rings. The SMILES string of the molecule is COc1cc(/C=N/NC(=O)c2cccnc2)ccc1OCc1cn(CCNc2ccnc3cc(Cl)ccc23)nn1. The molecule has 0 radical (unpaired) electrons. The van der Waals surface area contributed by atoms with Gasteiger partial charge in [-0.3, -0.25) is 19.4 Å². The van der Waals surface area contributed by atoms with Crippen molar-refractivity contribution in [1.29, 1.82) is 0 Å². The number of hydrazone groups is 1. The summed E-state index contributed by atoms with van der Waals surface area (Å²) in [6, 6.07) is 16.2. The second-order valence-corrected chi connectivity index (χ2v) is 9.00. The van der Waals surface area contributed by atoms with Gasteiger partial charge in [0.15, 0.2) is 11.5 Å². The number of hydrogen-bond acceptors (Lipinski definition) is 9. The summed E-state index contributed by atoms with van der Waals surface area (Å²) in [5, 5.41) is 17.5. The van der Waals surface area contributed by atoms with Crippen molar-refractivity contribution in [2.75, 3.05) is 19.0 Å². The molecule has 11 nitrogen and oxygen atoms in total. The summed E-state index contributed by atoms with van der Waals surface area (Å²) in [5.74, 6) is 0.709. The van der Waals surface area contributed by atoms with Crippen LogP contribution in [0.25, 0.3) is 10.9 Å². The first kappa shape index (κ1) is 26.6. The molecule has 2 N–H and O–H groups in total. The Balaban J connectivity index is 1.12. The lowest BCUT2D eigenvalue weighted by atomic mass is 10.2. The predicted octanol–water partition coefficient (Wildman–Crippen LogP) is 4.34. The summed E-state index contributed by atoms with van der Waals surface area (Å²) in [6.07, 6.45) is 8.17. The van der Waals surface area contributed by atoms with Crippen LogP contribution in [-0.2, 0) is 13.2 Å². The molecule has 202 valence electrons. The lowest BCUT2D eigenvalue weighted by Crippen LogP contribution is -2.17. The average molecular weight is 557 g/mol. The van der Waals surface area contributed by atoms with Crippen molar-refractivity contribution in [2.45, 2.75) is 13.2 Å². The minimum Gasteiger partial charge on any atom is -0.493 e. The molecule has 2 aromatic carbocycles. The number of nitrogens with zero attached hydrogens (tertiary/aromatic N) is 6. The largest absolute Gasteiger partial charge is 0.493 e. The first-order valence-electron chi connectivity index (χ1n) is 12.3. The summed E-state index contributed by atoms with van der Waals surface area (Å²) in [4.78, 5) is 20.4. The average Bonchev–Trinajstić information content (AvgIpc) is 3.44. The lowest BCUT2D eigenvalue weighted by Gasteiger charge is -2.10. The molecule has 0 unspecified atom stereocenters. The highest BCUT2D eigenvalue weighted by molar-refractivity contribution is 6.31. The normalized spacial score (nSPS) is 11.1. The first-order chi connectivity index (χ1) is 19.6. The third kappa shape index (κ3) is 6.69. The number of aromatic nitrogens is 5. The minimum atomic E-state index is -0.351. The minimum absolute atomic E-state index is 0.216. The van der Waals surface area contributed by atoms with E-state index in [9.17, 15) is 4.79 Å². The molecule has 0 aliphatic heterocycles. The summed E-state index contributed by atoms with van der Waals surface area (Å²) in [6.45, 7) is 1.47. The zero-order chi connectivity index (χ0) is 27.7. The molecule has 40 heavy (non-hydrogen) atoms. The van der Waals surface area contributed by atoms with Gasteiger partial charge in [-0.15, -0.1) is 5.10 Å². The molecule has 5 aromatic rings. The molecular weight excluding hydrogens is 532 g/mol. The van der Waals surface area contributed by atoms with Crippen molar-refractivity contribution in [2.24, 2.45) is 5.10 Å². The highest BCUT2D eigenvalue weighted by Crippen LogP contribution is 2.28. The predicted molar refractivity (Wildman–Crippen MR) is 152 cm³/mol. The fourth-order valence-corrected chi connectivity index (χ4v) is 4.02. The zero-order valence-corrected chi connectivity index (χ0v) is 22.2. The van der Waals surface area contributed by atoms with Crippen LogP contribution in [0.1, 0.15) is 21.6 Å². The van der Waals surface area contributed by atoms with Crippen molar-refractivity contribution in [1.82, 2.24) is 30.4 Å². The second-order valence-electron chi connectivity index (χ2n) is 8.56. The van der Waals surface area contributed by atoms with Crippen LogP contribution >= 0.6 is 11.6 Å². The van der Waals surface area contributed by atoms with E-state index < -0.39 is 0 Å². The number of carbonyl (C=O) groups excluding carboxylic acids is 1. The fourth-order valence-electron chi connectivity index (χ4n) is 3.86. The number of pyridine rings is 2. The third-order valence-corrected chi connectivity index (χ3v) is 6.05. The number of anilines is 1. The third-order valence-electron chi connectivity index (χ3n) is 5.81. The van der Waals surface area contributed by atoms with Crippen LogP contribution < -0.4 is 20.2 Å². The van der Waals surface area contributed by atoms with Gasteiger partial charge in [-0.25, -0.2) is 5.43 Å². The smallest absolute Gasteiger partial charge is 0.272 e. The van der Waals surface area contributed by atoms with Crippen LogP contribution in [0.15, 0.2) is 84.5 Å². The molecule has 0 saturated heterocycles. The van der Waals surface area contributed by atoms with E-state index in [-0.39, 0.29) is 12.5 Å². The maximum Gasteiger partial charge on any atom is 0.272 e. The van der Waals surface area contributed by atoms with Crippen LogP contribution in [0.2, 0.25) is 5.02 Å². The van der Waals surface area contributed by atoms with Gasteiger partial charge < -0.3 is 14.8 Å². The maximum absolute atomic E-state index is 12.1. The van der Waals surface area contributed by atoms with Crippen molar-refractivity contribution in [3.8, 4) is 11.5 Å². The topological polar surface area (TPSA) is 128 Å². The van der Waals surface area contributed by atoms with E-state index in [1.807, 2.05) is 30.5 Å². The standard InChI is InChI=1S/C28H25ClN8O3/c1-39-27-13-19(15-33-35-28(38)20-3-2-9-30-16-20)4-7-26(27)40-18-22-17-37(36-34-22)12-11-32-24-8-10-31-25-14-21(29)5-6-23(24)25/h2-10,13-17H,11-12,18H2,1H3,(H,31,32)(H,35,38)/b33-15+. The number of rotatable bonds is 11. The Morgan fingerprint density at radius 3 is 2.90 bits per heavy atom. The van der Waals surface area contributed by atoms with Crippen LogP contribution in [0, 0.1) is 0 Å². The highest BCUT2D eigenvalue weighted by Gasteiger charge is 2.09. The van der Waals surface area contributed by atoms with Gasteiger partial charge in [-0.1, -0.05) is 16.8 Å². The molecule has 1 amide bonds. The van der Waals surface area contributed by atoms with Gasteiger partial charge in [-0.05, 0) is 60.2 Å². The Kier molecular flexibility index (Phi) is 8.42. The van der Waals surface area contributed by atoms with Crippen molar-refractivity contribution >= 4 is 40.3 Å². The van der Waals surface area contributed by atoms with Crippen LogP contribution in [-0.4, -0.2) is 50.7 Å². The molecule has 0 bridgehead atoms. The van der Waals surface area contributed by atoms with Gasteiger partial charge in [0.2, 0.25) is 0 Å². The maximum atomic E-state index is 12.1. The van der Waals surface area contributed by atoms with E-state index in [1.165, 1.54) is 12.4 Å². The lowest BCUT2D eigenvalue weighted by molar-refractivity contribution is 0.0954. The Morgan fingerprint density at radius 1 is 1.12 bits per heavy atom. The molecule has 0 atom stereocenters. The van der Waals surface area contributed by atoms with E-state index >= 15 is 0 Å². The Bertz CT molecular complexity index is 1640. The first-order valence-corrected chi connectivity index (χ1v) is 12.7.